The number of hydrogen-bond donors (Lipinski definition) is 4. The van der Waals surface area contributed by atoms with Gasteiger partial charge in [-0.25, -0.2) is 9.37 Å². The molecule has 2 aromatic heterocycles. The number of rotatable bonds is 7. The molecule has 0 saturated heterocycles. The molecule has 0 aliphatic rings. The summed E-state index contributed by atoms with van der Waals surface area (Å²) in [6, 6.07) is 10.3. The quantitative estimate of drug-likeness (QED) is 0.509. The van der Waals surface area contributed by atoms with Gasteiger partial charge in [-0.3, -0.25) is 9.78 Å². The van der Waals surface area contributed by atoms with Gasteiger partial charge in [0, 0.05) is 23.3 Å². The van der Waals surface area contributed by atoms with Crippen LogP contribution in [-0.2, 0) is 0 Å². The molecule has 27 heavy (non-hydrogen) atoms. The van der Waals surface area contributed by atoms with Gasteiger partial charge in [0.1, 0.15) is 5.82 Å². The highest BCUT2D eigenvalue weighted by atomic mass is 19.1. The molecule has 1 atom stereocenters. The average molecular weight is 368 g/mol. The number of anilines is 3. The molecule has 0 aliphatic carbocycles. The Labute approximate surface area is 156 Å². The minimum atomic E-state index is -0.770. The molecule has 0 bridgehead atoms. The number of nitrogens with zero attached hydrogens (tertiary/aromatic N) is 2. The first-order valence-corrected chi connectivity index (χ1v) is 8.56. The maximum atomic E-state index is 14.3. The van der Waals surface area contributed by atoms with Gasteiger partial charge in [-0.15, -0.1) is 0 Å². The summed E-state index contributed by atoms with van der Waals surface area (Å²) in [5.74, 6) is -1.21. The summed E-state index contributed by atoms with van der Waals surface area (Å²) in [4.78, 5) is 20.2. The van der Waals surface area contributed by atoms with Gasteiger partial charge in [0.25, 0.3) is 5.91 Å². The lowest BCUT2D eigenvalue weighted by atomic mass is 10.2. The third-order valence-corrected chi connectivity index (χ3v) is 4.09. The Morgan fingerprint density at radius 3 is 2.81 bits per heavy atom. The SMILES string of the molecule is CC(CCN)Nc1nc(Nc2ccc3ncccc3c2)c(C(N)=O)cc1F. The summed E-state index contributed by atoms with van der Waals surface area (Å²) in [5, 5.41) is 6.93. The minimum Gasteiger partial charge on any atom is -0.365 e. The number of carbonyl (C=O) groups is 1. The molecule has 0 aliphatic heterocycles. The van der Waals surface area contributed by atoms with Crippen LogP contribution in [0.5, 0.6) is 0 Å². The normalized spacial score (nSPS) is 12.0. The van der Waals surface area contributed by atoms with Gasteiger partial charge in [-0.1, -0.05) is 6.07 Å². The van der Waals surface area contributed by atoms with Crippen LogP contribution in [0.25, 0.3) is 10.9 Å². The fraction of sp³-hybridized carbons (Fsp3) is 0.211. The van der Waals surface area contributed by atoms with Gasteiger partial charge in [0.2, 0.25) is 0 Å². The van der Waals surface area contributed by atoms with Crippen LogP contribution in [0.3, 0.4) is 0 Å². The number of hydrogen-bond acceptors (Lipinski definition) is 6. The average Bonchev–Trinajstić information content (AvgIpc) is 2.64. The number of nitrogens with one attached hydrogen (secondary N) is 2. The molecule has 0 spiro atoms. The van der Waals surface area contributed by atoms with E-state index in [0.717, 1.165) is 17.0 Å². The number of amides is 1. The van der Waals surface area contributed by atoms with Crippen LogP contribution in [0.1, 0.15) is 23.7 Å². The van der Waals surface area contributed by atoms with E-state index in [1.807, 2.05) is 31.2 Å². The first kappa shape index (κ1) is 18.5. The van der Waals surface area contributed by atoms with Gasteiger partial charge in [-0.05, 0) is 50.2 Å². The lowest BCUT2D eigenvalue weighted by Gasteiger charge is -2.17. The summed E-state index contributed by atoms with van der Waals surface area (Å²) in [6.45, 7) is 2.34. The van der Waals surface area contributed by atoms with Crippen molar-refractivity contribution >= 4 is 34.1 Å². The van der Waals surface area contributed by atoms with Crippen molar-refractivity contribution in [2.45, 2.75) is 19.4 Å². The topological polar surface area (TPSA) is 119 Å². The molecule has 3 aromatic rings. The smallest absolute Gasteiger partial charge is 0.252 e. The molecule has 0 saturated carbocycles. The molecule has 3 rings (SSSR count). The van der Waals surface area contributed by atoms with Crippen LogP contribution >= 0.6 is 0 Å². The highest BCUT2D eigenvalue weighted by molar-refractivity contribution is 5.99. The lowest BCUT2D eigenvalue weighted by molar-refractivity contribution is 0.100. The molecule has 140 valence electrons. The molecule has 2 heterocycles. The highest BCUT2D eigenvalue weighted by Gasteiger charge is 2.17. The zero-order valence-corrected chi connectivity index (χ0v) is 14.9. The van der Waals surface area contributed by atoms with E-state index in [-0.39, 0.29) is 23.2 Å². The number of fused-ring (bicyclic) bond motifs is 1. The lowest BCUT2D eigenvalue weighted by Crippen LogP contribution is -2.22. The Hall–Kier alpha value is -3.26. The molecular weight excluding hydrogens is 347 g/mol. The van der Waals surface area contributed by atoms with Crippen molar-refractivity contribution in [2.75, 3.05) is 17.2 Å². The summed E-state index contributed by atoms with van der Waals surface area (Å²) in [5.41, 5.74) is 12.4. The van der Waals surface area contributed by atoms with Crippen molar-refractivity contribution < 1.29 is 9.18 Å². The van der Waals surface area contributed by atoms with Crippen molar-refractivity contribution in [2.24, 2.45) is 11.5 Å². The van der Waals surface area contributed by atoms with Crippen molar-refractivity contribution in [3.8, 4) is 0 Å². The molecule has 6 N–H and O–H groups in total. The third-order valence-electron chi connectivity index (χ3n) is 4.09. The number of aromatic nitrogens is 2. The largest absolute Gasteiger partial charge is 0.365 e. The van der Waals surface area contributed by atoms with Crippen LogP contribution in [0.2, 0.25) is 0 Å². The standard InChI is InChI=1S/C19H21FN6O/c1-11(6-7-21)24-19-15(20)10-14(17(22)27)18(26-19)25-13-4-5-16-12(9-13)3-2-8-23-16/h2-5,8-11H,6-7,21H2,1H3,(H2,22,27)(H2,24,25,26). The van der Waals surface area contributed by atoms with Gasteiger partial charge in [0.05, 0.1) is 11.1 Å². The summed E-state index contributed by atoms with van der Waals surface area (Å²) in [6.07, 6.45) is 2.36. The van der Waals surface area contributed by atoms with Crippen LogP contribution in [-0.4, -0.2) is 28.5 Å². The number of pyridine rings is 2. The highest BCUT2D eigenvalue weighted by Crippen LogP contribution is 2.26. The first-order chi connectivity index (χ1) is 13.0. The zero-order chi connectivity index (χ0) is 19.4. The maximum absolute atomic E-state index is 14.3. The second kappa shape index (κ2) is 7.96. The van der Waals surface area contributed by atoms with Gasteiger partial charge < -0.3 is 22.1 Å². The Balaban J connectivity index is 1.96. The van der Waals surface area contributed by atoms with Crippen molar-refractivity contribution in [3.63, 3.8) is 0 Å². The van der Waals surface area contributed by atoms with Crippen molar-refractivity contribution in [1.82, 2.24) is 9.97 Å². The Kier molecular flexibility index (Phi) is 5.46. The molecule has 1 amide bonds. The van der Waals surface area contributed by atoms with E-state index in [4.69, 9.17) is 11.5 Å². The Morgan fingerprint density at radius 1 is 1.26 bits per heavy atom. The summed E-state index contributed by atoms with van der Waals surface area (Å²) < 4.78 is 14.3. The number of primary amides is 1. The van der Waals surface area contributed by atoms with E-state index in [1.54, 1.807) is 12.3 Å². The minimum absolute atomic E-state index is 0.0317. The first-order valence-electron chi connectivity index (χ1n) is 8.56. The number of carbonyl (C=O) groups excluding carboxylic acids is 1. The summed E-state index contributed by atoms with van der Waals surface area (Å²) in [7, 11) is 0. The second-order valence-corrected chi connectivity index (χ2v) is 6.24. The van der Waals surface area contributed by atoms with E-state index in [1.165, 1.54) is 0 Å². The third kappa shape index (κ3) is 4.29. The molecule has 0 radical (unpaired) electrons. The van der Waals surface area contributed by atoms with Crippen molar-refractivity contribution in [1.29, 1.82) is 0 Å². The molecule has 7 nitrogen and oxygen atoms in total. The predicted octanol–water partition coefficient (Wildman–Crippen LogP) is 2.76. The number of halogens is 1. The van der Waals surface area contributed by atoms with Crippen LogP contribution in [0.15, 0.2) is 42.6 Å². The molecule has 1 unspecified atom stereocenters. The Bertz CT molecular complexity index is 978. The van der Waals surface area contributed by atoms with E-state index in [9.17, 15) is 9.18 Å². The monoisotopic (exact) mass is 368 g/mol. The van der Waals surface area contributed by atoms with Gasteiger partial charge in [-0.2, -0.15) is 0 Å². The van der Waals surface area contributed by atoms with E-state index in [0.29, 0.717) is 18.7 Å². The van der Waals surface area contributed by atoms with E-state index in [2.05, 4.69) is 20.6 Å². The predicted molar refractivity (Wildman–Crippen MR) is 104 cm³/mol. The second-order valence-electron chi connectivity index (χ2n) is 6.24. The molecular formula is C19H21FN6O. The van der Waals surface area contributed by atoms with Crippen LogP contribution in [0, 0.1) is 5.82 Å². The summed E-state index contributed by atoms with van der Waals surface area (Å²) >= 11 is 0. The fourth-order valence-corrected chi connectivity index (χ4v) is 2.72. The van der Waals surface area contributed by atoms with E-state index >= 15 is 0 Å². The van der Waals surface area contributed by atoms with Crippen LogP contribution in [0.4, 0.5) is 21.7 Å². The van der Waals surface area contributed by atoms with Gasteiger partial charge >= 0.3 is 0 Å². The maximum Gasteiger partial charge on any atom is 0.252 e. The molecule has 1 aromatic carbocycles. The van der Waals surface area contributed by atoms with Gasteiger partial charge in [0.15, 0.2) is 11.6 Å². The zero-order valence-electron chi connectivity index (χ0n) is 14.9. The van der Waals surface area contributed by atoms with Crippen LogP contribution < -0.4 is 22.1 Å². The number of nitrogens with two attached hydrogens (primary N) is 2. The molecule has 8 heteroatoms. The van der Waals surface area contributed by atoms with E-state index < -0.39 is 11.7 Å². The fourth-order valence-electron chi connectivity index (χ4n) is 2.72. The Morgan fingerprint density at radius 2 is 2.07 bits per heavy atom. The van der Waals surface area contributed by atoms with Crippen molar-refractivity contribution in [3.05, 3.63) is 54.0 Å². The number of benzene rings is 1. The molecule has 0 fully saturated rings.